The van der Waals surface area contributed by atoms with Crippen LogP contribution in [0.25, 0.3) is 11.0 Å². The van der Waals surface area contributed by atoms with Crippen LogP contribution in [-0.2, 0) is 6.54 Å². The van der Waals surface area contributed by atoms with Crippen molar-refractivity contribution < 1.29 is 13.3 Å². The molecule has 0 unspecified atom stereocenters. The van der Waals surface area contributed by atoms with Gasteiger partial charge in [0.2, 0.25) is 0 Å². The maximum atomic E-state index is 15.0. The lowest BCUT2D eigenvalue weighted by molar-refractivity contribution is 0.0958. The number of fused-ring (bicyclic) bond motifs is 1. The van der Waals surface area contributed by atoms with Crippen molar-refractivity contribution in [1.82, 2.24) is 25.2 Å². The van der Waals surface area contributed by atoms with Crippen LogP contribution in [0.5, 0.6) is 0 Å². The summed E-state index contributed by atoms with van der Waals surface area (Å²) in [7, 11) is 0. The summed E-state index contributed by atoms with van der Waals surface area (Å²) in [5.74, 6) is -1.22. The van der Waals surface area contributed by atoms with Crippen LogP contribution in [0.4, 0.5) is 10.1 Å². The molecule has 2 aromatic heterocycles. The number of aromatic nitrogens is 3. The number of H-pyrrole nitrogens is 1. The summed E-state index contributed by atoms with van der Waals surface area (Å²) in [6.07, 6.45) is 1.54. The Bertz CT molecular complexity index is 1240. The molecule has 8 nitrogen and oxygen atoms in total. The Morgan fingerprint density at radius 1 is 1.27 bits per heavy atom. The van der Waals surface area contributed by atoms with E-state index in [1.807, 2.05) is 5.32 Å². The molecule has 0 spiro atoms. The number of amides is 1. The second-order valence-corrected chi connectivity index (χ2v) is 7.20. The topological polar surface area (TPSA) is 94.2 Å². The van der Waals surface area contributed by atoms with E-state index < -0.39 is 24.3 Å². The van der Waals surface area contributed by atoms with Crippen molar-refractivity contribution in [3.63, 3.8) is 0 Å². The third kappa shape index (κ3) is 3.88. The minimum atomic E-state index is -2.57. The highest BCUT2D eigenvalue weighted by atomic mass is 19.1. The largest absolute Gasteiger partial charge is 0.368 e. The summed E-state index contributed by atoms with van der Waals surface area (Å²) >= 11 is 0. The van der Waals surface area contributed by atoms with E-state index in [1.54, 1.807) is 31.3 Å². The molecule has 3 aromatic rings. The number of pyridine rings is 1. The number of halogens is 1. The lowest BCUT2D eigenvalue weighted by atomic mass is 10.1. The molecule has 1 saturated heterocycles. The first-order valence-corrected chi connectivity index (χ1v) is 9.54. The van der Waals surface area contributed by atoms with Crippen molar-refractivity contribution in [3.05, 3.63) is 63.6 Å². The van der Waals surface area contributed by atoms with Gasteiger partial charge in [0.1, 0.15) is 16.9 Å². The van der Waals surface area contributed by atoms with E-state index >= 15 is 0 Å². The number of aromatic amines is 1. The molecule has 2 N–H and O–H groups in total. The van der Waals surface area contributed by atoms with Crippen LogP contribution in [0.1, 0.15) is 25.9 Å². The SMILES string of the molecule is [2H]C([2H])([2H])NC(=O)c1ccc(N2CCN(Cc3ccc4nc(C)c(=O)[nH]c4c3F)CC2)cn1. The molecule has 1 aliphatic rings. The Balaban J connectivity index is 1.38. The Kier molecular flexibility index (Phi) is 4.50. The van der Waals surface area contributed by atoms with E-state index in [0.717, 1.165) is 5.69 Å². The fourth-order valence-electron chi connectivity index (χ4n) is 3.56. The molecule has 3 heterocycles. The lowest BCUT2D eigenvalue weighted by Crippen LogP contribution is -2.46. The summed E-state index contributed by atoms with van der Waals surface area (Å²) in [6.45, 7) is 2.13. The standard InChI is InChI=1S/C21H23FN6O2/c1-13-20(29)26-19-16(25-13)5-3-14(18(19)22)12-27-7-9-28(10-8-27)15-4-6-17(24-11-15)21(30)23-2/h3-6,11H,7-10,12H2,1-2H3,(H,23,30)(H,26,29)/i2D3. The van der Waals surface area contributed by atoms with E-state index in [2.05, 4.69) is 24.8 Å². The smallest absolute Gasteiger partial charge is 0.269 e. The average molecular weight is 413 g/mol. The number of benzene rings is 1. The van der Waals surface area contributed by atoms with Gasteiger partial charge in [-0.3, -0.25) is 14.5 Å². The van der Waals surface area contributed by atoms with Gasteiger partial charge in [0.25, 0.3) is 11.5 Å². The number of piperazine rings is 1. The van der Waals surface area contributed by atoms with Gasteiger partial charge in [0.15, 0.2) is 5.82 Å². The molecule has 1 amide bonds. The van der Waals surface area contributed by atoms with Crippen molar-refractivity contribution in [1.29, 1.82) is 0 Å². The van der Waals surface area contributed by atoms with Gasteiger partial charge in [-0.25, -0.2) is 14.4 Å². The lowest BCUT2D eigenvalue weighted by Gasteiger charge is -2.36. The molecule has 0 atom stereocenters. The normalized spacial score (nSPS) is 16.7. The maximum Gasteiger partial charge on any atom is 0.269 e. The predicted molar refractivity (Wildman–Crippen MR) is 112 cm³/mol. The van der Waals surface area contributed by atoms with Crippen LogP contribution in [0.3, 0.4) is 0 Å². The number of nitrogens with one attached hydrogen (secondary N) is 2. The van der Waals surface area contributed by atoms with Gasteiger partial charge in [-0.05, 0) is 25.1 Å². The van der Waals surface area contributed by atoms with Crippen LogP contribution in [0, 0.1) is 12.7 Å². The molecule has 9 heteroatoms. The molecule has 1 aliphatic heterocycles. The zero-order valence-electron chi connectivity index (χ0n) is 19.4. The van der Waals surface area contributed by atoms with Gasteiger partial charge in [-0.15, -0.1) is 0 Å². The van der Waals surface area contributed by atoms with E-state index in [0.29, 0.717) is 49.5 Å². The van der Waals surface area contributed by atoms with Crippen LogP contribution in [-0.4, -0.2) is 58.9 Å². The molecule has 156 valence electrons. The molecule has 0 bridgehead atoms. The molecule has 1 aromatic carbocycles. The van der Waals surface area contributed by atoms with Crippen molar-refractivity contribution in [3.8, 4) is 0 Å². The minimum Gasteiger partial charge on any atom is -0.368 e. The second kappa shape index (κ2) is 8.19. The van der Waals surface area contributed by atoms with E-state index in [4.69, 9.17) is 4.11 Å². The summed E-state index contributed by atoms with van der Waals surface area (Å²) < 4.78 is 36.3. The highest BCUT2D eigenvalue weighted by Crippen LogP contribution is 2.21. The van der Waals surface area contributed by atoms with Crippen LogP contribution >= 0.6 is 0 Å². The molecular weight excluding hydrogens is 387 g/mol. The van der Waals surface area contributed by atoms with Crippen molar-refractivity contribution >= 4 is 22.6 Å². The number of nitrogens with zero attached hydrogens (tertiary/aromatic N) is 4. The fraction of sp³-hybridized carbons (Fsp3) is 0.333. The van der Waals surface area contributed by atoms with Gasteiger partial charge >= 0.3 is 0 Å². The van der Waals surface area contributed by atoms with Crippen molar-refractivity contribution in [2.75, 3.05) is 38.1 Å². The third-order valence-corrected chi connectivity index (χ3v) is 5.28. The van der Waals surface area contributed by atoms with E-state index in [9.17, 15) is 14.0 Å². The number of anilines is 1. The maximum absolute atomic E-state index is 15.0. The number of aryl methyl sites for hydroxylation is 1. The van der Waals surface area contributed by atoms with E-state index in [1.165, 1.54) is 6.07 Å². The number of hydrogen-bond donors (Lipinski definition) is 2. The Morgan fingerprint density at radius 3 is 2.77 bits per heavy atom. The van der Waals surface area contributed by atoms with Crippen LogP contribution in [0.2, 0.25) is 0 Å². The van der Waals surface area contributed by atoms with Crippen molar-refractivity contribution in [2.45, 2.75) is 13.5 Å². The summed E-state index contributed by atoms with van der Waals surface area (Å²) in [6, 6.07) is 6.62. The molecule has 0 aliphatic carbocycles. The predicted octanol–water partition coefficient (Wildman–Crippen LogP) is 1.45. The number of rotatable bonds is 4. The summed E-state index contributed by atoms with van der Waals surface area (Å²) in [5.41, 5.74) is 1.77. The number of carbonyl (C=O) groups is 1. The molecule has 30 heavy (non-hydrogen) atoms. The van der Waals surface area contributed by atoms with Gasteiger partial charge in [-0.2, -0.15) is 0 Å². The number of hydrogen-bond acceptors (Lipinski definition) is 6. The van der Waals surface area contributed by atoms with Gasteiger partial charge in [0.05, 0.1) is 17.4 Å². The molecule has 4 rings (SSSR count). The molecule has 1 fully saturated rings. The van der Waals surface area contributed by atoms with Gasteiger partial charge in [0, 0.05) is 49.4 Å². The summed E-state index contributed by atoms with van der Waals surface area (Å²) in [4.78, 5) is 38.7. The van der Waals surface area contributed by atoms with E-state index in [-0.39, 0.29) is 11.2 Å². The van der Waals surface area contributed by atoms with Gasteiger partial charge < -0.3 is 15.2 Å². The summed E-state index contributed by atoms with van der Waals surface area (Å²) in [5, 5.41) is 1.91. The van der Waals surface area contributed by atoms with Crippen molar-refractivity contribution in [2.24, 2.45) is 0 Å². The quantitative estimate of drug-likeness (QED) is 0.672. The third-order valence-electron chi connectivity index (χ3n) is 5.28. The monoisotopic (exact) mass is 413 g/mol. The van der Waals surface area contributed by atoms with Gasteiger partial charge in [-0.1, -0.05) is 6.07 Å². The molecular formula is C21H23FN6O2. The number of carbonyl (C=O) groups excluding carboxylic acids is 1. The Morgan fingerprint density at radius 2 is 2.07 bits per heavy atom. The zero-order valence-corrected chi connectivity index (χ0v) is 16.4. The highest BCUT2D eigenvalue weighted by Gasteiger charge is 2.20. The molecule has 0 radical (unpaired) electrons. The minimum absolute atomic E-state index is 0.0306. The molecule has 0 saturated carbocycles. The Hall–Kier alpha value is -3.33. The van der Waals surface area contributed by atoms with Crippen LogP contribution < -0.4 is 15.8 Å². The Labute approximate surface area is 177 Å². The van der Waals surface area contributed by atoms with Crippen LogP contribution in [0.15, 0.2) is 35.3 Å². The first-order chi connectivity index (χ1) is 15.6. The second-order valence-electron chi connectivity index (χ2n) is 7.20. The first-order valence-electron chi connectivity index (χ1n) is 11.0. The fourth-order valence-corrected chi connectivity index (χ4v) is 3.56. The average Bonchev–Trinajstić information content (AvgIpc) is 2.77. The first kappa shape index (κ1) is 16.5. The highest BCUT2D eigenvalue weighted by molar-refractivity contribution is 5.92. The zero-order chi connectivity index (χ0) is 23.8.